The summed E-state index contributed by atoms with van der Waals surface area (Å²) in [6, 6.07) is 8.06. The van der Waals surface area contributed by atoms with Crippen molar-refractivity contribution < 1.29 is 0 Å². The molecule has 4 heteroatoms. The first-order valence-electron chi connectivity index (χ1n) is 5.52. The molecule has 0 saturated heterocycles. The molecule has 2 N–H and O–H groups in total. The molecule has 0 radical (unpaired) electrons. The molecule has 0 aliphatic heterocycles. The lowest BCUT2D eigenvalue weighted by Gasteiger charge is -2.17. The molecule has 0 unspecified atom stereocenters. The zero-order valence-corrected chi connectivity index (χ0v) is 10.1. The third-order valence-corrected chi connectivity index (χ3v) is 2.60. The number of nitrogens with two attached hydrogens (primary N) is 1. The highest BCUT2D eigenvalue weighted by Gasteiger charge is 2.06. The number of hydrogen-bond acceptors (Lipinski definition) is 4. The normalized spacial score (nSPS) is 10.3. The molecule has 0 aliphatic carbocycles. The van der Waals surface area contributed by atoms with Crippen molar-refractivity contribution in [3.05, 3.63) is 47.8 Å². The Bertz CT molecular complexity index is 493. The van der Waals surface area contributed by atoms with E-state index in [1.807, 2.05) is 55.5 Å². The Kier molecular flexibility index (Phi) is 3.35. The number of nitrogens with zero attached hydrogens (tertiary/aromatic N) is 3. The van der Waals surface area contributed by atoms with Gasteiger partial charge in [-0.1, -0.05) is 12.1 Å². The van der Waals surface area contributed by atoms with Crippen molar-refractivity contribution in [3.63, 3.8) is 0 Å². The molecule has 2 rings (SSSR count). The maximum absolute atomic E-state index is 5.63. The van der Waals surface area contributed by atoms with Gasteiger partial charge in [-0.15, -0.1) is 0 Å². The maximum Gasteiger partial charge on any atom is 0.229 e. The van der Waals surface area contributed by atoms with Crippen LogP contribution in [0, 0.1) is 6.92 Å². The fourth-order valence-corrected chi connectivity index (χ4v) is 1.57. The van der Waals surface area contributed by atoms with Crippen LogP contribution in [0.3, 0.4) is 0 Å². The number of benzene rings is 1. The van der Waals surface area contributed by atoms with Gasteiger partial charge in [0.2, 0.25) is 5.95 Å². The van der Waals surface area contributed by atoms with Gasteiger partial charge in [-0.2, -0.15) is 0 Å². The topological polar surface area (TPSA) is 55.0 Å². The fourth-order valence-electron chi connectivity index (χ4n) is 1.57. The average Bonchev–Trinajstić information content (AvgIpc) is 2.39. The second-order valence-corrected chi connectivity index (χ2v) is 3.99. The van der Waals surface area contributed by atoms with Crippen LogP contribution in [-0.4, -0.2) is 17.0 Å². The van der Waals surface area contributed by atoms with E-state index in [-0.39, 0.29) is 0 Å². The van der Waals surface area contributed by atoms with Crippen LogP contribution in [0.25, 0.3) is 0 Å². The lowest BCUT2D eigenvalue weighted by Crippen LogP contribution is -2.13. The highest BCUT2D eigenvalue weighted by atomic mass is 15.2. The van der Waals surface area contributed by atoms with Crippen LogP contribution in [0.15, 0.2) is 36.7 Å². The van der Waals surface area contributed by atoms with E-state index in [4.69, 9.17) is 5.73 Å². The third-order valence-electron chi connectivity index (χ3n) is 2.60. The van der Waals surface area contributed by atoms with Crippen LogP contribution in [-0.2, 0) is 6.54 Å². The summed E-state index contributed by atoms with van der Waals surface area (Å²) in [4.78, 5) is 10.5. The molecule has 88 valence electrons. The van der Waals surface area contributed by atoms with Crippen molar-refractivity contribution in [1.82, 2.24) is 9.97 Å². The van der Waals surface area contributed by atoms with Crippen molar-refractivity contribution in [2.75, 3.05) is 11.9 Å². The minimum Gasteiger partial charge on any atom is -0.326 e. The highest BCUT2D eigenvalue weighted by Crippen LogP contribution is 2.20. The molecule has 0 bridgehead atoms. The van der Waals surface area contributed by atoms with Crippen molar-refractivity contribution >= 4 is 11.6 Å². The van der Waals surface area contributed by atoms with Gasteiger partial charge in [-0.3, -0.25) is 0 Å². The lowest BCUT2D eigenvalue weighted by molar-refractivity contribution is 1.02. The van der Waals surface area contributed by atoms with Crippen LogP contribution >= 0.6 is 0 Å². The Balaban J connectivity index is 2.29. The quantitative estimate of drug-likeness (QED) is 0.873. The van der Waals surface area contributed by atoms with Gasteiger partial charge in [-0.25, -0.2) is 9.97 Å². The maximum atomic E-state index is 5.63. The molecule has 2 aromatic rings. The van der Waals surface area contributed by atoms with E-state index in [1.165, 1.54) is 0 Å². The largest absolute Gasteiger partial charge is 0.326 e. The smallest absolute Gasteiger partial charge is 0.229 e. The van der Waals surface area contributed by atoms with Gasteiger partial charge < -0.3 is 10.6 Å². The lowest BCUT2D eigenvalue weighted by atomic mass is 10.2. The molecule has 4 nitrogen and oxygen atoms in total. The predicted octanol–water partition coefficient (Wildman–Crippen LogP) is 2.01. The van der Waals surface area contributed by atoms with Gasteiger partial charge in [0.1, 0.15) is 0 Å². The molecule has 1 aromatic carbocycles. The van der Waals surface area contributed by atoms with Crippen molar-refractivity contribution in [2.45, 2.75) is 13.5 Å². The molecular formula is C13H16N4. The molecular weight excluding hydrogens is 212 g/mol. The Morgan fingerprint density at radius 2 is 1.94 bits per heavy atom. The standard InChI is InChI=1S/C13H16N4/c1-10-8-15-13(16-9-10)17(2)12-5-3-4-11(6-12)7-14/h3-6,8-9H,7,14H2,1-2H3. The van der Waals surface area contributed by atoms with Gasteiger partial charge in [-0.05, 0) is 30.2 Å². The minimum absolute atomic E-state index is 0.538. The number of aryl methyl sites for hydroxylation is 1. The van der Waals surface area contributed by atoms with Crippen LogP contribution in [0.5, 0.6) is 0 Å². The van der Waals surface area contributed by atoms with Crippen LogP contribution in [0.1, 0.15) is 11.1 Å². The minimum atomic E-state index is 0.538. The molecule has 1 aromatic heterocycles. The summed E-state index contributed by atoms with van der Waals surface area (Å²) in [6.07, 6.45) is 3.62. The van der Waals surface area contributed by atoms with Crippen LogP contribution in [0.4, 0.5) is 11.6 Å². The summed E-state index contributed by atoms with van der Waals surface area (Å²) in [7, 11) is 1.94. The summed E-state index contributed by atoms with van der Waals surface area (Å²) in [5.41, 5.74) is 8.82. The zero-order chi connectivity index (χ0) is 12.3. The van der Waals surface area contributed by atoms with Crippen molar-refractivity contribution in [2.24, 2.45) is 5.73 Å². The Morgan fingerprint density at radius 1 is 1.24 bits per heavy atom. The highest BCUT2D eigenvalue weighted by molar-refractivity contribution is 5.57. The average molecular weight is 228 g/mol. The number of hydrogen-bond donors (Lipinski definition) is 1. The van der Waals surface area contributed by atoms with Crippen molar-refractivity contribution in [1.29, 1.82) is 0 Å². The van der Waals surface area contributed by atoms with Gasteiger partial charge in [0, 0.05) is 31.7 Å². The Hall–Kier alpha value is -1.94. The van der Waals surface area contributed by atoms with Gasteiger partial charge >= 0.3 is 0 Å². The van der Waals surface area contributed by atoms with E-state index in [1.54, 1.807) is 0 Å². The first-order valence-corrected chi connectivity index (χ1v) is 5.52. The molecule has 0 spiro atoms. The number of rotatable bonds is 3. The monoisotopic (exact) mass is 228 g/mol. The van der Waals surface area contributed by atoms with Gasteiger partial charge in [0.25, 0.3) is 0 Å². The summed E-state index contributed by atoms with van der Waals surface area (Å²) < 4.78 is 0. The third kappa shape index (κ3) is 2.60. The second kappa shape index (κ2) is 4.93. The number of anilines is 2. The summed E-state index contributed by atoms with van der Waals surface area (Å²) in [5, 5.41) is 0. The Morgan fingerprint density at radius 3 is 2.59 bits per heavy atom. The molecule has 0 saturated carbocycles. The van der Waals surface area contributed by atoms with Gasteiger partial charge in [0.05, 0.1) is 0 Å². The molecule has 0 fully saturated rings. The summed E-state index contributed by atoms with van der Waals surface area (Å²) >= 11 is 0. The van der Waals surface area contributed by atoms with Crippen LogP contribution < -0.4 is 10.6 Å². The van der Waals surface area contributed by atoms with E-state index in [0.29, 0.717) is 12.5 Å². The summed E-state index contributed by atoms with van der Waals surface area (Å²) in [5.74, 6) is 0.685. The van der Waals surface area contributed by atoms with E-state index < -0.39 is 0 Å². The SMILES string of the molecule is Cc1cnc(N(C)c2cccc(CN)c2)nc1. The van der Waals surface area contributed by atoms with E-state index in [9.17, 15) is 0 Å². The van der Waals surface area contributed by atoms with E-state index >= 15 is 0 Å². The number of aromatic nitrogens is 2. The van der Waals surface area contributed by atoms with E-state index in [0.717, 1.165) is 16.8 Å². The van der Waals surface area contributed by atoms with Gasteiger partial charge in [0.15, 0.2) is 0 Å². The first kappa shape index (κ1) is 11.5. The molecule has 0 aliphatic rings. The summed E-state index contributed by atoms with van der Waals surface area (Å²) in [6.45, 7) is 2.51. The van der Waals surface area contributed by atoms with E-state index in [2.05, 4.69) is 9.97 Å². The van der Waals surface area contributed by atoms with Crippen LogP contribution in [0.2, 0.25) is 0 Å². The first-order chi connectivity index (χ1) is 8.20. The molecule has 1 heterocycles. The molecule has 0 amide bonds. The van der Waals surface area contributed by atoms with Crippen molar-refractivity contribution in [3.8, 4) is 0 Å². The zero-order valence-electron chi connectivity index (χ0n) is 10.1. The molecule has 0 atom stereocenters. The molecule has 17 heavy (non-hydrogen) atoms. The fraction of sp³-hybridized carbons (Fsp3) is 0.231. The Labute approximate surface area is 101 Å². The second-order valence-electron chi connectivity index (χ2n) is 3.99. The predicted molar refractivity (Wildman–Crippen MR) is 69.2 cm³/mol.